The van der Waals surface area contributed by atoms with Crippen molar-refractivity contribution in [3.05, 3.63) is 17.0 Å². The number of thiophene rings is 1. The van der Waals surface area contributed by atoms with E-state index in [4.69, 9.17) is 5.73 Å². The second-order valence-electron chi connectivity index (χ2n) is 4.88. The minimum Gasteiger partial charge on any atom is -0.326 e. The van der Waals surface area contributed by atoms with Gasteiger partial charge in [-0.15, -0.1) is 11.3 Å². The van der Waals surface area contributed by atoms with E-state index in [1.54, 1.807) is 12.1 Å². The summed E-state index contributed by atoms with van der Waals surface area (Å²) in [4.78, 5) is 0.892. The SMILES string of the molecule is CC(NS(=O)(=O)c1ccc(CN)s1)C1CCCC1. The third kappa shape index (κ3) is 3.12. The van der Waals surface area contributed by atoms with E-state index in [9.17, 15) is 8.42 Å². The number of hydrogen-bond donors (Lipinski definition) is 2. The number of rotatable bonds is 5. The van der Waals surface area contributed by atoms with Crippen molar-refractivity contribution in [1.29, 1.82) is 0 Å². The van der Waals surface area contributed by atoms with Crippen LogP contribution in [-0.4, -0.2) is 14.5 Å². The highest BCUT2D eigenvalue weighted by molar-refractivity contribution is 7.91. The zero-order valence-electron chi connectivity index (χ0n) is 10.6. The first-order chi connectivity index (χ1) is 8.53. The molecule has 0 bridgehead atoms. The molecule has 1 atom stereocenters. The lowest BCUT2D eigenvalue weighted by atomic mass is 10.0. The van der Waals surface area contributed by atoms with Gasteiger partial charge in [0.1, 0.15) is 4.21 Å². The first-order valence-corrected chi connectivity index (χ1v) is 8.64. The molecule has 2 rings (SSSR count). The van der Waals surface area contributed by atoms with E-state index < -0.39 is 10.0 Å². The second-order valence-corrected chi connectivity index (χ2v) is 7.99. The van der Waals surface area contributed by atoms with Gasteiger partial charge in [0, 0.05) is 17.5 Å². The molecule has 1 unspecified atom stereocenters. The molecule has 1 heterocycles. The van der Waals surface area contributed by atoms with Crippen molar-refractivity contribution in [3.8, 4) is 0 Å². The average molecular weight is 288 g/mol. The van der Waals surface area contributed by atoms with Gasteiger partial charge in [0.05, 0.1) is 0 Å². The van der Waals surface area contributed by atoms with Crippen molar-refractivity contribution in [2.45, 2.75) is 49.4 Å². The predicted molar refractivity (Wildman–Crippen MR) is 74.0 cm³/mol. The van der Waals surface area contributed by atoms with Crippen LogP contribution in [0.5, 0.6) is 0 Å². The largest absolute Gasteiger partial charge is 0.326 e. The maximum atomic E-state index is 12.2. The normalized spacial score (nSPS) is 19.2. The Morgan fingerprint density at radius 3 is 2.67 bits per heavy atom. The summed E-state index contributed by atoms with van der Waals surface area (Å²) in [6, 6.07) is 3.43. The van der Waals surface area contributed by atoms with Gasteiger partial charge >= 0.3 is 0 Å². The van der Waals surface area contributed by atoms with Gasteiger partial charge in [0.15, 0.2) is 0 Å². The number of sulfonamides is 1. The Kier molecular flexibility index (Phi) is 4.42. The average Bonchev–Trinajstić information content (AvgIpc) is 3.00. The Morgan fingerprint density at radius 1 is 1.44 bits per heavy atom. The molecule has 1 aliphatic carbocycles. The van der Waals surface area contributed by atoms with Crippen LogP contribution in [0.1, 0.15) is 37.5 Å². The lowest BCUT2D eigenvalue weighted by Gasteiger charge is -2.19. The lowest BCUT2D eigenvalue weighted by Crippen LogP contribution is -2.36. The summed E-state index contributed by atoms with van der Waals surface area (Å²) in [6.45, 7) is 2.35. The van der Waals surface area contributed by atoms with Crippen LogP contribution < -0.4 is 10.5 Å². The van der Waals surface area contributed by atoms with E-state index in [1.165, 1.54) is 24.2 Å². The zero-order chi connectivity index (χ0) is 13.2. The number of nitrogens with two attached hydrogens (primary N) is 1. The summed E-state index contributed by atoms with van der Waals surface area (Å²) in [5, 5.41) is 0. The van der Waals surface area contributed by atoms with Gasteiger partial charge in [-0.25, -0.2) is 13.1 Å². The van der Waals surface area contributed by atoms with Crippen LogP contribution in [0.3, 0.4) is 0 Å². The molecule has 0 amide bonds. The molecular formula is C12H20N2O2S2. The fourth-order valence-corrected chi connectivity index (χ4v) is 5.03. The number of nitrogens with one attached hydrogen (secondary N) is 1. The molecular weight excluding hydrogens is 268 g/mol. The van der Waals surface area contributed by atoms with Crippen LogP contribution in [0.2, 0.25) is 0 Å². The molecule has 0 saturated heterocycles. The van der Waals surface area contributed by atoms with E-state index in [2.05, 4.69) is 4.72 Å². The van der Waals surface area contributed by atoms with Gasteiger partial charge in [-0.3, -0.25) is 0 Å². The highest BCUT2D eigenvalue weighted by Gasteiger charge is 2.26. The Bertz CT molecular complexity index is 490. The maximum Gasteiger partial charge on any atom is 0.250 e. The van der Waals surface area contributed by atoms with Crippen LogP contribution in [-0.2, 0) is 16.6 Å². The molecule has 4 nitrogen and oxygen atoms in total. The Labute approximate surface area is 113 Å². The first-order valence-electron chi connectivity index (χ1n) is 6.34. The van der Waals surface area contributed by atoms with Crippen molar-refractivity contribution in [2.75, 3.05) is 0 Å². The van der Waals surface area contributed by atoms with Crippen LogP contribution in [0.25, 0.3) is 0 Å². The molecule has 0 spiro atoms. The highest BCUT2D eigenvalue weighted by atomic mass is 32.2. The summed E-state index contributed by atoms with van der Waals surface area (Å²) in [6.07, 6.45) is 4.68. The van der Waals surface area contributed by atoms with Crippen molar-refractivity contribution >= 4 is 21.4 Å². The van der Waals surface area contributed by atoms with E-state index in [1.807, 2.05) is 6.92 Å². The maximum absolute atomic E-state index is 12.2. The monoisotopic (exact) mass is 288 g/mol. The third-order valence-corrected chi connectivity index (χ3v) is 6.71. The molecule has 0 aromatic carbocycles. The first kappa shape index (κ1) is 14.0. The topological polar surface area (TPSA) is 72.2 Å². The smallest absolute Gasteiger partial charge is 0.250 e. The molecule has 1 fully saturated rings. The molecule has 6 heteroatoms. The molecule has 18 heavy (non-hydrogen) atoms. The van der Waals surface area contributed by atoms with E-state index in [-0.39, 0.29) is 6.04 Å². The predicted octanol–water partition coefficient (Wildman–Crippen LogP) is 2.06. The Balaban J connectivity index is 2.06. The molecule has 1 aromatic heterocycles. The van der Waals surface area contributed by atoms with Gasteiger partial charge in [-0.05, 0) is 37.8 Å². The lowest BCUT2D eigenvalue weighted by molar-refractivity contribution is 0.424. The standard InChI is InChI=1S/C12H20N2O2S2/c1-9(10-4-2-3-5-10)14-18(15,16)12-7-6-11(8-13)17-12/h6-7,9-10,14H,2-5,8,13H2,1H3. The molecule has 0 radical (unpaired) electrons. The zero-order valence-corrected chi connectivity index (χ0v) is 12.2. The van der Waals surface area contributed by atoms with E-state index >= 15 is 0 Å². The number of hydrogen-bond acceptors (Lipinski definition) is 4. The van der Waals surface area contributed by atoms with Gasteiger partial charge in [0.25, 0.3) is 0 Å². The van der Waals surface area contributed by atoms with E-state index in [0.717, 1.165) is 17.7 Å². The van der Waals surface area contributed by atoms with Gasteiger partial charge in [-0.2, -0.15) is 0 Å². The highest BCUT2D eigenvalue weighted by Crippen LogP contribution is 2.29. The molecule has 1 aromatic rings. The van der Waals surface area contributed by atoms with Crippen LogP contribution >= 0.6 is 11.3 Å². The van der Waals surface area contributed by atoms with Crippen molar-refractivity contribution in [3.63, 3.8) is 0 Å². The Morgan fingerprint density at radius 2 is 2.11 bits per heavy atom. The molecule has 1 aliphatic rings. The van der Waals surface area contributed by atoms with Gasteiger partial charge < -0.3 is 5.73 Å². The Hall–Kier alpha value is -0.430. The molecule has 0 aliphatic heterocycles. The summed E-state index contributed by atoms with van der Waals surface area (Å²) < 4.78 is 27.5. The summed E-state index contributed by atoms with van der Waals surface area (Å²) in [7, 11) is -3.37. The van der Waals surface area contributed by atoms with Crippen molar-refractivity contribution in [1.82, 2.24) is 4.72 Å². The van der Waals surface area contributed by atoms with Gasteiger partial charge in [0.2, 0.25) is 10.0 Å². The molecule has 3 N–H and O–H groups in total. The fraction of sp³-hybridized carbons (Fsp3) is 0.667. The summed E-state index contributed by atoms with van der Waals surface area (Å²) in [5.74, 6) is 0.480. The van der Waals surface area contributed by atoms with Crippen molar-refractivity contribution < 1.29 is 8.42 Å². The van der Waals surface area contributed by atoms with Crippen LogP contribution in [0, 0.1) is 5.92 Å². The van der Waals surface area contributed by atoms with E-state index in [0.29, 0.717) is 16.7 Å². The summed E-state index contributed by atoms with van der Waals surface area (Å²) in [5.41, 5.74) is 5.50. The second kappa shape index (κ2) is 5.69. The fourth-order valence-electron chi connectivity index (χ4n) is 2.47. The van der Waals surface area contributed by atoms with Gasteiger partial charge in [-0.1, -0.05) is 12.8 Å². The van der Waals surface area contributed by atoms with Crippen molar-refractivity contribution in [2.24, 2.45) is 11.7 Å². The third-order valence-electron chi connectivity index (χ3n) is 3.55. The minimum absolute atomic E-state index is 0.0147. The summed E-state index contributed by atoms with van der Waals surface area (Å²) >= 11 is 1.25. The van der Waals surface area contributed by atoms with Crippen LogP contribution in [0.15, 0.2) is 16.3 Å². The molecule has 102 valence electrons. The minimum atomic E-state index is -3.37. The quantitative estimate of drug-likeness (QED) is 0.871. The van der Waals surface area contributed by atoms with Crippen LogP contribution in [0.4, 0.5) is 0 Å². The molecule has 1 saturated carbocycles.